The molecule has 0 atom stereocenters. The van der Waals surface area contributed by atoms with E-state index in [1.807, 2.05) is 0 Å². The van der Waals surface area contributed by atoms with Gasteiger partial charge < -0.3 is 14.5 Å². The van der Waals surface area contributed by atoms with Crippen molar-refractivity contribution in [2.75, 3.05) is 38.5 Å². The number of carbonyl (C=O) groups is 2. The first-order chi connectivity index (χ1) is 11.0. The third kappa shape index (κ3) is 4.82. The predicted octanol–water partition coefficient (Wildman–Crippen LogP) is 2.36. The van der Waals surface area contributed by atoms with Crippen LogP contribution < -0.4 is 0 Å². The molecule has 0 spiro atoms. The fourth-order valence-electron chi connectivity index (χ4n) is 2.18. The summed E-state index contributed by atoms with van der Waals surface area (Å²) < 4.78 is 31.3. The normalized spacial score (nSPS) is 14.7. The number of carbonyl (C=O) groups excluding carboxylic acids is 2. The van der Waals surface area contributed by atoms with E-state index in [0.717, 1.165) is 23.9 Å². The first-order valence-corrected chi connectivity index (χ1v) is 8.27. The number of halogens is 2. The maximum absolute atomic E-state index is 13.5. The van der Waals surface area contributed by atoms with Crippen LogP contribution in [0.4, 0.5) is 13.6 Å². The summed E-state index contributed by atoms with van der Waals surface area (Å²) in [5, 5.41) is 0. The summed E-state index contributed by atoms with van der Waals surface area (Å²) in [6.45, 7) is 3.73. The Labute approximate surface area is 137 Å². The highest BCUT2D eigenvalue weighted by molar-refractivity contribution is 8.00. The molecule has 1 saturated heterocycles. The molecule has 0 N–H and O–H groups in total. The van der Waals surface area contributed by atoms with E-state index in [0.29, 0.717) is 32.8 Å². The Morgan fingerprint density at radius 2 is 1.83 bits per heavy atom. The van der Waals surface area contributed by atoms with Crippen molar-refractivity contribution < 1.29 is 23.1 Å². The summed E-state index contributed by atoms with van der Waals surface area (Å²) in [5.41, 5.74) is 0. The molecule has 2 rings (SSSR count). The minimum absolute atomic E-state index is 0.0714. The van der Waals surface area contributed by atoms with E-state index in [-0.39, 0.29) is 22.6 Å². The lowest BCUT2D eigenvalue weighted by molar-refractivity contribution is -0.129. The second-order valence-corrected chi connectivity index (χ2v) is 5.95. The van der Waals surface area contributed by atoms with Crippen LogP contribution in [0.2, 0.25) is 0 Å². The van der Waals surface area contributed by atoms with Gasteiger partial charge in [0.05, 0.1) is 12.4 Å². The minimum atomic E-state index is -0.671. The molecule has 1 aliphatic heterocycles. The molecule has 2 amide bonds. The number of rotatable bonds is 4. The van der Waals surface area contributed by atoms with Crippen LogP contribution in [-0.2, 0) is 9.53 Å². The number of nitrogens with zero attached hydrogens (tertiary/aromatic N) is 2. The van der Waals surface area contributed by atoms with Crippen molar-refractivity contribution >= 4 is 23.8 Å². The second kappa shape index (κ2) is 8.14. The molecular formula is C15H18F2N2O3S. The molecule has 1 aromatic rings. The lowest BCUT2D eigenvalue weighted by Gasteiger charge is -2.34. The monoisotopic (exact) mass is 344 g/mol. The van der Waals surface area contributed by atoms with Crippen molar-refractivity contribution in [2.45, 2.75) is 11.8 Å². The van der Waals surface area contributed by atoms with Gasteiger partial charge in [0, 0.05) is 37.1 Å². The summed E-state index contributed by atoms with van der Waals surface area (Å²) in [6.07, 6.45) is -0.373. The number of hydrogen-bond acceptors (Lipinski definition) is 4. The van der Waals surface area contributed by atoms with Gasteiger partial charge >= 0.3 is 6.09 Å². The van der Waals surface area contributed by atoms with Crippen LogP contribution >= 0.6 is 11.8 Å². The fraction of sp³-hybridized carbons (Fsp3) is 0.467. The molecule has 0 aliphatic carbocycles. The van der Waals surface area contributed by atoms with Crippen molar-refractivity contribution in [3.8, 4) is 0 Å². The third-order valence-electron chi connectivity index (χ3n) is 3.40. The Morgan fingerprint density at radius 1 is 1.17 bits per heavy atom. The van der Waals surface area contributed by atoms with Crippen LogP contribution in [0.3, 0.4) is 0 Å². The highest BCUT2D eigenvalue weighted by Crippen LogP contribution is 2.22. The zero-order valence-electron chi connectivity index (χ0n) is 12.8. The van der Waals surface area contributed by atoms with Gasteiger partial charge in [-0.3, -0.25) is 4.79 Å². The molecule has 0 aromatic heterocycles. The van der Waals surface area contributed by atoms with Crippen molar-refractivity contribution in [1.29, 1.82) is 0 Å². The average molecular weight is 344 g/mol. The number of ether oxygens (including phenoxy) is 1. The van der Waals surface area contributed by atoms with Gasteiger partial charge in [-0.2, -0.15) is 0 Å². The fourth-order valence-corrected chi connectivity index (χ4v) is 3.00. The Bertz CT molecular complexity index is 578. The molecule has 1 aliphatic rings. The molecular weight excluding hydrogens is 326 g/mol. The average Bonchev–Trinajstić information content (AvgIpc) is 2.54. The highest BCUT2D eigenvalue weighted by Gasteiger charge is 2.24. The summed E-state index contributed by atoms with van der Waals surface area (Å²) in [4.78, 5) is 27.1. The van der Waals surface area contributed by atoms with E-state index in [9.17, 15) is 18.4 Å². The van der Waals surface area contributed by atoms with Crippen LogP contribution in [0.5, 0.6) is 0 Å². The van der Waals surface area contributed by atoms with Gasteiger partial charge in [-0.25, -0.2) is 13.6 Å². The van der Waals surface area contributed by atoms with E-state index < -0.39 is 11.6 Å². The van der Waals surface area contributed by atoms with Gasteiger partial charge in [0.1, 0.15) is 11.6 Å². The van der Waals surface area contributed by atoms with E-state index in [1.165, 1.54) is 6.07 Å². The van der Waals surface area contributed by atoms with E-state index >= 15 is 0 Å². The van der Waals surface area contributed by atoms with E-state index in [2.05, 4.69) is 0 Å². The number of amides is 2. The maximum atomic E-state index is 13.5. The first kappa shape index (κ1) is 17.5. The van der Waals surface area contributed by atoms with Gasteiger partial charge in [0.15, 0.2) is 0 Å². The van der Waals surface area contributed by atoms with Gasteiger partial charge in [0.25, 0.3) is 0 Å². The number of hydrogen-bond donors (Lipinski definition) is 0. The summed E-state index contributed by atoms with van der Waals surface area (Å²) in [6, 6.07) is 3.28. The SMILES string of the molecule is CCOC(=O)N1CCN(C(=O)CSc2ccc(F)cc2F)CC1. The number of benzene rings is 1. The lowest BCUT2D eigenvalue weighted by Crippen LogP contribution is -2.51. The summed E-state index contributed by atoms with van der Waals surface area (Å²) >= 11 is 1.03. The molecule has 8 heteroatoms. The summed E-state index contributed by atoms with van der Waals surface area (Å²) in [5.74, 6) is -1.38. The smallest absolute Gasteiger partial charge is 0.409 e. The highest BCUT2D eigenvalue weighted by atomic mass is 32.2. The van der Waals surface area contributed by atoms with E-state index in [1.54, 1.807) is 16.7 Å². The Balaban J connectivity index is 1.80. The van der Waals surface area contributed by atoms with Crippen molar-refractivity contribution in [3.63, 3.8) is 0 Å². The number of piperazine rings is 1. The van der Waals surface area contributed by atoms with Crippen molar-refractivity contribution in [3.05, 3.63) is 29.8 Å². The molecule has 126 valence electrons. The van der Waals surface area contributed by atoms with Crippen LogP contribution in [0.25, 0.3) is 0 Å². The number of thioether (sulfide) groups is 1. The Kier molecular flexibility index (Phi) is 6.20. The molecule has 1 aromatic carbocycles. The first-order valence-electron chi connectivity index (χ1n) is 7.28. The minimum Gasteiger partial charge on any atom is -0.450 e. The molecule has 0 radical (unpaired) electrons. The second-order valence-electron chi connectivity index (χ2n) is 4.93. The molecule has 0 bridgehead atoms. The predicted molar refractivity (Wildman–Crippen MR) is 82.3 cm³/mol. The largest absolute Gasteiger partial charge is 0.450 e. The van der Waals surface area contributed by atoms with E-state index in [4.69, 9.17) is 4.74 Å². The van der Waals surface area contributed by atoms with Crippen molar-refractivity contribution in [1.82, 2.24) is 9.80 Å². The van der Waals surface area contributed by atoms with Gasteiger partial charge in [0.2, 0.25) is 5.91 Å². The molecule has 0 unspecified atom stereocenters. The molecule has 1 fully saturated rings. The molecule has 23 heavy (non-hydrogen) atoms. The molecule has 5 nitrogen and oxygen atoms in total. The van der Waals surface area contributed by atoms with Crippen LogP contribution in [0.1, 0.15) is 6.92 Å². The molecule has 0 saturated carbocycles. The third-order valence-corrected chi connectivity index (χ3v) is 4.44. The maximum Gasteiger partial charge on any atom is 0.409 e. The zero-order chi connectivity index (χ0) is 16.8. The van der Waals surface area contributed by atoms with Gasteiger partial charge in [-0.1, -0.05) is 0 Å². The van der Waals surface area contributed by atoms with Crippen LogP contribution in [0.15, 0.2) is 23.1 Å². The zero-order valence-corrected chi connectivity index (χ0v) is 13.6. The standard InChI is InChI=1S/C15H18F2N2O3S/c1-2-22-15(21)19-7-5-18(6-8-19)14(20)10-23-13-4-3-11(16)9-12(13)17/h3-4,9H,2,5-8,10H2,1H3. The molecule has 1 heterocycles. The topological polar surface area (TPSA) is 49.9 Å². The summed E-state index contributed by atoms with van der Waals surface area (Å²) in [7, 11) is 0. The Hall–Kier alpha value is -1.83. The lowest BCUT2D eigenvalue weighted by atomic mass is 10.3. The van der Waals surface area contributed by atoms with Gasteiger partial charge in [-0.15, -0.1) is 11.8 Å². The van der Waals surface area contributed by atoms with Crippen LogP contribution in [0, 0.1) is 11.6 Å². The van der Waals surface area contributed by atoms with Gasteiger partial charge in [-0.05, 0) is 19.1 Å². The Morgan fingerprint density at radius 3 is 2.43 bits per heavy atom. The quantitative estimate of drug-likeness (QED) is 0.787. The van der Waals surface area contributed by atoms with Crippen molar-refractivity contribution in [2.24, 2.45) is 0 Å². The van der Waals surface area contributed by atoms with Crippen LogP contribution in [-0.4, -0.2) is 60.3 Å².